The van der Waals surface area contributed by atoms with Crippen LogP contribution >= 0.6 is 0 Å². The van der Waals surface area contributed by atoms with Crippen LogP contribution in [0.5, 0.6) is 0 Å². The van der Waals surface area contributed by atoms with Gasteiger partial charge in [-0.1, -0.05) is 0 Å². The molecule has 1 spiro atoms. The van der Waals surface area contributed by atoms with Crippen LogP contribution in [0.1, 0.15) is 40.7 Å². The maximum atomic E-state index is 12.9. The first-order valence-electron chi connectivity index (χ1n) is 8.74. The van der Waals surface area contributed by atoms with Crippen LogP contribution < -0.4 is 5.14 Å². The zero-order chi connectivity index (χ0) is 19.3. The Morgan fingerprint density at radius 2 is 1.92 bits per heavy atom. The Hall–Kier alpha value is -1.48. The van der Waals surface area contributed by atoms with Crippen LogP contribution in [-0.4, -0.2) is 56.7 Å². The Morgan fingerprint density at radius 1 is 1.31 bits per heavy atom. The number of primary sulfonamides is 1. The Morgan fingerprint density at radius 3 is 2.42 bits per heavy atom. The summed E-state index contributed by atoms with van der Waals surface area (Å²) >= 11 is 0. The molecule has 1 aliphatic carbocycles. The Bertz CT molecular complexity index is 828. The predicted octanol–water partition coefficient (Wildman–Crippen LogP) is 0.953. The molecule has 1 aromatic rings. The molecule has 3 N–H and O–H groups in total. The van der Waals surface area contributed by atoms with E-state index in [-0.39, 0.29) is 28.4 Å². The van der Waals surface area contributed by atoms with Crippen molar-refractivity contribution in [1.82, 2.24) is 4.90 Å². The molecule has 0 radical (unpaired) electrons. The van der Waals surface area contributed by atoms with Gasteiger partial charge in [0.15, 0.2) is 0 Å². The van der Waals surface area contributed by atoms with Crippen molar-refractivity contribution in [3.05, 3.63) is 28.8 Å². The van der Waals surface area contributed by atoms with Crippen LogP contribution in [0.3, 0.4) is 0 Å². The van der Waals surface area contributed by atoms with Crippen LogP contribution in [0.25, 0.3) is 0 Å². The van der Waals surface area contributed by atoms with Crippen LogP contribution in [0.4, 0.5) is 0 Å². The number of aryl methyl sites for hydroxylation is 1. The highest BCUT2D eigenvalue weighted by Gasteiger charge is 2.56. The standard InChI is InChI=1S/C18H26N2O5S/c1-11-8-13(9-14(12(11)2)26(19,23)24)17(22)20-6-4-18(5-7-20)15(21)10-16(18)25-3/h8-9,15-16,21H,4-7,10H2,1-3H3,(H2,19,23,24)/t15-,16+/m1/s1. The summed E-state index contributed by atoms with van der Waals surface area (Å²) in [5.74, 6) is -0.212. The third-order valence-corrected chi connectivity index (χ3v) is 7.22. The lowest BCUT2D eigenvalue weighted by molar-refractivity contribution is -0.199. The number of carbonyl (C=O) groups excluding carboxylic acids is 1. The Labute approximate surface area is 154 Å². The number of hydrogen-bond acceptors (Lipinski definition) is 5. The minimum absolute atomic E-state index is 0.0109. The van der Waals surface area contributed by atoms with Crippen molar-refractivity contribution < 1.29 is 23.1 Å². The number of nitrogens with zero attached hydrogens (tertiary/aromatic N) is 1. The number of benzene rings is 1. The minimum atomic E-state index is -3.89. The van der Waals surface area contributed by atoms with Gasteiger partial charge in [0.2, 0.25) is 10.0 Å². The molecule has 3 rings (SSSR count). The first kappa shape index (κ1) is 19.3. The minimum Gasteiger partial charge on any atom is -0.392 e. The first-order valence-corrected chi connectivity index (χ1v) is 10.3. The zero-order valence-electron chi connectivity index (χ0n) is 15.4. The van der Waals surface area contributed by atoms with Gasteiger partial charge in [-0.05, 0) is 49.9 Å². The van der Waals surface area contributed by atoms with E-state index in [9.17, 15) is 18.3 Å². The third kappa shape index (κ3) is 3.05. The molecule has 0 unspecified atom stereocenters. The lowest BCUT2D eigenvalue weighted by atomic mass is 9.58. The number of aliphatic hydroxyl groups excluding tert-OH is 1. The molecule has 1 saturated heterocycles. The number of hydrogen-bond donors (Lipinski definition) is 2. The average Bonchev–Trinajstić information content (AvgIpc) is 2.60. The number of sulfonamides is 1. The molecule has 0 bridgehead atoms. The van der Waals surface area contributed by atoms with E-state index in [1.807, 2.05) is 0 Å². The maximum Gasteiger partial charge on any atom is 0.253 e. The van der Waals surface area contributed by atoms with Gasteiger partial charge in [0.25, 0.3) is 5.91 Å². The van der Waals surface area contributed by atoms with Crippen molar-refractivity contribution in [1.29, 1.82) is 0 Å². The third-order valence-electron chi connectivity index (χ3n) is 6.18. The van der Waals surface area contributed by atoms with Gasteiger partial charge < -0.3 is 14.7 Å². The van der Waals surface area contributed by atoms with Crippen molar-refractivity contribution in [2.75, 3.05) is 20.2 Å². The molecule has 1 aromatic carbocycles. The van der Waals surface area contributed by atoms with Crippen LogP contribution in [0.2, 0.25) is 0 Å². The van der Waals surface area contributed by atoms with E-state index >= 15 is 0 Å². The summed E-state index contributed by atoms with van der Waals surface area (Å²) in [4.78, 5) is 14.6. The van der Waals surface area contributed by atoms with Gasteiger partial charge >= 0.3 is 0 Å². The lowest BCUT2D eigenvalue weighted by Crippen LogP contribution is -2.62. The normalized spacial score (nSPS) is 25.2. The van der Waals surface area contributed by atoms with E-state index in [4.69, 9.17) is 9.88 Å². The highest BCUT2D eigenvalue weighted by molar-refractivity contribution is 7.89. The molecule has 1 aliphatic heterocycles. The molecule has 1 saturated carbocycles. The summed E-state index contributed by atoms with van der Waals surface area (Å²) < 4.78 is 29.1. The van der Waals surface area contributed by atoms with Gasteiger partial charge in [0.05, 0.1) is 17.1 Å². The molecule has 2 aliphatic rings. The second-order valence-electron chi connectivity index (χ2n) is 7.46. The average molecular weight is 382 g/mol. The number of aliphatic hydroxyl groups is 1. The molecule has 8 heteroatoms. The zero-order valence-corrected chi connectivity index (χ0v) is 16.2. The number of ether oxygens (including phenoxy) is 1. The van der Waals surface area contributed by atoms with Gasteiger partial charge in [0, 0.05) is 37.6 Å². The predicted molar refractivity (Wildman–Crippen MR) is 96.3 cm³/mol. The number of amides is 1. The van der Waals surface area contributed by atoms with E-state index < -0.39 is 10.0 Å². The summed E-state index contributed by atoms with van der Waals surface area (Å²) in [5.41, 5.74) is 1.33. The lowest BCUT2D eigenvalue weighted by Gasteiger charge is -2.56. The monoisotopic (exact) mass is 382 g/mol. The van der Waals surface area contributed by atoms with E-state index in [0.29, 0.717) is 49.0 Å². The number of rotatable bonds is 3. The fourth-order valence-corrected chi connectivity index (χ4v) is 5.15. The summed E-state index contributed by atoms with van der Waals surface area (Å²) in [7, 11) is -2.24. The number of likely N-dealkylation sites (tertiary alicyclic amines) is 1. The summed E-state index contributed by atoms with van der Waals surface area (Å²) in [5, 5.41) is 15.5. The smallest absolute Gasteiger partial charge is 0.253 e. The number of piperidine rings is 1. The highest BCUT2D eigenvalue weighted by Crippen LogP contribution is 2.50. The van der Waals surface area contributed by atoms with Crippen molar-refractivity contribution in [3.8, 4) is 0 Å². The fourth-order valence-electron chi connectivity index (χ4n) is 4.27. The van der Waals surface area contributed by atoms with Gasteiger partial charge in [-0.25, -0.2) is 13.6 Å². The number of carbonyl (C=O) groups is 1. The molecular weight excluding hydrogens is 356 g/mol. The van der Waals surface area contributed by atoms with Gasteiger partial charge in [-0.2, -0.15) is 0 Å². The highest BCUT2D eigenvalue weighted by atomic mass is 32.2. The largest absolute Gasteiger partial charge is 0.392 e. The molecular formula is C18H26N2O5S. The molecule has 1 amide bonds. The molecule has 144 valence electrons. The van der Waals surface area contributed by atoms with Crippen molar-refractivity contribution in [2.24, 2.45) is 10.6 Å². The Balaban J connectivity index is 1.80. The molecule has 2 fully saturated rings. The van der Waals surface area contributed by atoms with E-state index in [1.54, 1.807) is 31.9 Å². The second kappa shape index (κ2) is 6.60. The van der Waals surface area contributed by atoms with Crippen molar-refractivity contribution >= 4 is 15.9 Å². The Kier molecular flexibility index (Phi) is 4.89. The summed E-state index contributed by atoms with van der Waals surface area (Å²) in [6, 6.07) is 3.06. The maximum absolute atomic E-state index is 12.9. The van der Waals surface area contributed by atoms with Crippen LogP contribution in [0.15, 0.2) is 17.0 Å². The summed E-state index contributed by atoms with van der Waals surface area (Å²) in [6.07, 6.45) is 1.63. The quantitative estimate of drug-likeness (QED) is 0.809. The van der Waals surface area contributed by atoms with Gasteiger partial charge in [0.1, 0.15) is 0 Å². The number of nitrogens with two attached hydrogens (primary N) is 1. The van der Waals surface area contributed by atoms with Crippen molar-refractivity contribution in [3.63, 3.8) is 0 Å². The number of methoxy groups -OCH3 is 1. The first-order chi connectivity index (χ1) is 12.1. The van der Waals surface area contributed by atoms with E-state index in [2.05, 4.69) is 0 Å². The van der Waals surface area contributed by atoms with E-state index in [1.165, 1.54) is 6.07 Å². The SMILES string of the molecule is CO[C@H]1C[C@@H](O)C12CCN(C(=O)c1cc(C)c(C)c(S(N)(=O)=O)c1)CC2. The molecule has 0 aromatic heterocycles. The van der Waals surface area contributed by atoms with Crippen molar-refractivity contribution in [2.45, 2.75) is 50.2 Å². The second-order valence-corrected chi connectivity index (χ2v) is 8.99. The molecule has 1 heterocycles. The summed E-state index contributed by atoms with van der Waals surface area (Å²) in [6.45, 7) is 4.46. The molecule has 26 heavy (non-hydrogen) atoms. The van der Waals surface area contributed by atoms with Crippen LogP contribution in [0, 0.1) is 19.3 Å². The molecule has 7 nitrogen and oxygen atoms in total. The molecule has 2 atom stereocenters. The topological polar surface area (TPSA) is 110 Å². The van der Waals surface area contributed by atoms with E-state index in [0.717, 1.165) is 0 Å². The van der Waals surface area contributed by atoms with Gasteiger partial charge in [-0.3, -0.25) is 4.79 Å². The fraction of sp³-hybridized carbons (Fsp3) is 0.611. The van der Waals surface area contributed by atoms with Crippen LogP contribution in [-0.2, 0) is 14.8 Å². The van der Waals surface area contributed by atoms with Gasteiger partial charge in [-0.15, -0.1) is 0 Å².